The van der Waals surface area contributed by atoms with Crippen molar-refractivity contribution in [3.05, 3.63) is 29.8 Å². The molecule has 0 amide bonds. The Hall–Kier alpha value is -1.02. The third-order valence-electron chi connectivity index (χ3n) is 4.21. The number of unbranched alkanes of at least 4 members (excludes halogenated alkanes) is 1. The average Bonchev–Trinajstić information content (AvgIpc) is 2.44. The highest BCUT2D eigenvalue weighted by Gasteiger charge is 2.27. The van der Waals surface area contributed by atoms with Gasteiger partial charge >= 0.3 is 0 Å². The van der Waals surface area contributed by atoms with Crippen LogP contribution in [-0.2, 0) is 6.42 Å². The van der Waals surface area contributed by atoms with Crippen LogP contribution in [0, 0.1) is 5.41 Å². The van der Waals surface area contributed by atoms with Crippen molar-refractivity contribution in [2.75, 3.05) is 6.54 Å². The quantitative estimate of drug-likeness (QED) is 0.695. The topological polar surface area (TPSA) is 32.3 Å². The largest absolute Gasteiger partial charge is 0.508 e. The van der Waals surface area contributed by atoms with Gasteiger partial charge in [-0.25, -0.2) is 0 Å². The Morgan fingerprint density at radius 3 is 2.30 bits per heavy atom. The molecular formula is C18H31NO. The van der Waals surface area contributed by atoms with Gasteiger partial charge < -0.3 is 10.4 Å². The van der Waals surface area contributed by atoms with E-state index in [4.69, 9.17) is 0 Å². The zero-order valence-electron chi connectivity index (χ0n) is 13.6. The summed E-state index contributed by atoms with van der Waals surface area (Å²) in [5.41, 5.74) is 1.66. The zero-order chi connectivity index (χ0) is 15.0. The van der Waals surface area contributed by atoms with E-state index in [0.717, 1.165) is 13.0 Å². The lowest BCUT2D eigenvalue weighted by molar-refractivity contribution is 0.223. The van der Waals surface area contributed by atoms with E-state index in [9.17, 15) is 5.11 Å². The second-order valence-corrected chi connectivity index (χ2v) is 6.34. The maximum Gasteiger partial charge on any atom is 0.115 e. The van der Waals surface area contributed by atoms with E-state index in [2.05, 4.69) is 45.1 Å². The summed E-state index contributed by atoms with van der Waals surface area (Å²) in [4.78, 5) is 0. The number of aromatic hydroxyl groups is 1. The molecule has 114 valence electrons. The van der Waals surface area contributed by atoms with Gasteiger partial charge in [0.15, 0.2) is 0 Å². The van der Waals surface area contributed by atoms with Gasteiger partial charge in [-0.1, -0.05) is 52.7 Å². The second-order valence-electron chi connectivity index (χ2n) is 6.34. The highest BCUT2D eigenvalue weighted by atomic mass is 16.3. The van der Waals surface area contributed by atoms with Crippen molar-refractivity contribution < 1.29 is 5.11 Å². The van der Waals surface area contributed by atoms with E-state index in [1.165, 1.54) is 31.2 Å². The van der Waals surface area contributed by atoms with Crippen molar-refractivity contribution >= 4 is 0 Å². The first-order chi connectivity index (χ1) is 9.51. The molecule has 1 rings (SSSR count). The van der Waals surface area contributed by atoms with Crippen LogP contribution in [0.3, 0.4) is 0 Å². The third-order valence-corrected chi connectivity index (χ3v) is 4.21. The fourth-order valence-corrected chi connectivity index (χ4v) is 2.69. The maximum atomic E-state index is 9.42. The number of hydrogen-bond acceptors (Lipinski definition) is 2. The summed E-state index contributed by atoms with van der Waals surface area (Å²) in [5, 5.41) is 13.0. The molecule has 0 saturated heterocycles. The van der Waals surface area contributed by atoms with Crippen LogP contribution in [0.15, 0.2) is 24.3 Å². The van der Waals surface area contributed by atoms with Gasteiger partial charge in [0.1, 0.15) is 5.75 Å². The van der Waals surface area contributed by atoms with E-state index in [-0.39, 0.29) is 0 Å². The Balaban J connectivity index is 2.80. The first kappa shape index (κ1) is 17.0. The van der Waals surface area contributed by atoms with Crippen LogP contribution in [0.4, 0.5) is 0 Å². The predicted molar refractivity (Wildman–Crippen MR) is 87.2 cm³/mol. The van der Waals surface area contributed by atoms with E-state index < -0.39 is 0 Å². The molecule has 0 aliphatic carbocycles. The molecule has 1 aromatic carbocycles. The van der Waals surface area contributed by atoms with Crippen LogP contribution >= 0.6 is 0 Å². The third kappa shape index (κ3) is 5.54. The number of phenolic OH excluding ortho intramolecular Hbond substituents is 1. The fourth-order valence-electron chi connectivity index (χ4n) is 2.69. The molecule has 20 heavy (non-hydrogen) atoms. The van der Waals surface area contributed by atoms with Crippen molar-refractivity contribution in [3.63, 3.8) is 0 Å². The highest BCUT2D eigenvalue weighted by molar-refractivity contribution is 5.26. The summed E-state index contributed by atoms with van der Waals surface area (Å²) in [7, 11) is 0. The standard InChI is InChI=1S/C18H31NO/c1-5-7-12-18(6-2,14-19-15(3)4)13-16-8-10-17(20)11-9-16/h8-11,15,19-20H,5-7,12-14H2,1-4H3. The monoisotopic (exact) mass is 277 g/mol. The van der Waals surface area contributed by atoms with E-state index in [1.807, 2.05) is 0 Å². The molecule has 1 unspecified atom stereocenters. The number of phenols is 1. The molecule has 0 spiro atoms. The van der Waals surface area contributed by atoms with E-state index in [1.54, 1.807) is 12.1 Å². The predicted octanol–water partition coefficient (Wildman–Crippen LogP) is 4.52. The van der Waals surface area contributed by atoms with Crippen LogP contribution in [0.2, 0.25) is 0 Å². The van der Waals surface area contributed by atoms with Gasteiger partial charge in [0, 0.05) is 12.6 Å². The average molecular weight is 277 g/mol. The minimum Gasteiger partial charge on any atom is -0.508 e. The molecule has 2 heteroatoms. The van der Waals surface area contributed by atoms with Crippen LogP contribution in [0.25, 0.3) is 0 Å². The van der Waals surface area contributed by atoms with E-state index >= 15 is 0 Å². The number of benzene rings is 1. The highest BCUT2D eigenvalue weighted by Crippen LogP contribution is 2.33. The summed E-state index contributed by atoms with van der Waals surface area (Å²) in [6.45, 7) is 10.1. The summed E-state index contributed by atoms with van der Waals surface area (Å²) in [5.74, 6) is 0.352. The first-order valence-corrected chi connectivity index (χ1v) is 8.02. The summed E-state index contributed by atoms with van der Waals surface area (Å²) >= 11 is 0. The lowest BCUT2D eigenvalue weighted by atomic mass is 9.75. The molecule has 0 fully saturated rings. The van der Waals surface area contributed by atoms with Crippen molar-refractivity contribution in [3.8, 4) is 5.75 Å². The molecule has 0 aliphatic heterocycles. The normalized spacial score (nSPS) is 14.4. The van der Waals surface area contributed by atoms with Crippen LogP contribution in [0.1, 0.15) is 58.9 Å². The van der Waals surface area contributed by atoms with E-state index in [0.29, 0.717) is 17.2 Å². The number of hydrogen-bond donors (Lipinski definition) is 2. The minimum atomic E-state index is 0.331. The molecule has 0 aromatic heterocycles. The molecule has 0 radical (unpaired) electrons. The Bertz CT molecular complexity index is 372. The van der Waals surface area contributed by atoms with Crippen LogP contribution in [0.5, 0.6) is 5.75 Å². The molecule has 0 saturated carbocycles. The van der Waals surface area contributed by atoms with Gasteiger partial charge in [0.05, 0.1) is 0 Å². The van der Waals surface area contributed by atoms with Gasteiger partial charge in [0.25, 0.3) is 0 Å². The second kappa shape index (κ2) is 8.31. The lowest BCUT2D eigenvalue weighted by Crippen LogP contribution is -2.39. The molecule has 1 atom stereocenters. The Morgan fingerprint density at radius 2 is 1.80 bits per heavy atom. The fraction of sp³-hybridized carbons (Fsp3) is 0.667. The Morgan fingerprint density at radius 1 is 1.15 bits per heavy atom. The van der Waals surface area contributed by atoms with Crippen molar-refractivity contribution in [2.24, 2.45) is 5.41 Å². The summed E-state index contributed by atoms with van der Waals surface area (Å²) in [6, 6.07) is 8.24. The van der Waals surface area contributed by atoms with Crippen LogP contribution < -0.4 is 5.32 Å². The van der Waals surface area contributed by atoms with Gasteiger partial charge in [-0.3, -0.25) is 0 Å². The molecule has 0 heterocycles. The molecule has 0 bridgehead atoms. The van der Waals surface area contributed by atoms with Gasteiger partial charge in [-0.15, -0.1) is 0 Å². The molecule has 2 nitrogen and oxygen atoms in total. The van der Waals surface area contributed by atoms with Gasteiger partial charge in [0.2, 0.25) is 0 Å². The van der Waals surface area contributed by atoms with Gasteiger partial charge in [-0.2, -0.15) is 0 Å². The smallest absolute Gasteiger partial charge is 0.115 e. The molecular weight excluding hydrogens is 246 g/mol. The SMILES string of the molecule is CCCCC(CC)(CNC(C)C)Cc1ccc(O)cc1. The first-order valence-electron chi connectivity index (χ1n) is 8.02. The molecule has 2 N–H and O–H groups in total. The Labute approximate surface area is 124 Å². The van der Waals surface area contributed by atoms with Crippen LogP contribution in [-0.4, -0.2) is 17.7 Å². The zero-order valence-corrected chi connectivity index (χ0v) is 13.6. The van der Waals surface area contributed by atoms with Crippen molar-refractivity contribution in [1.29, 1.82) is 0 Å². The molecule has 1 aromatic rings. The van der Waals surface area contributed by atoms with Crippen molar-refractivity contribution in [2.45, 2.75) is 65.8 Å². The summed E-state index contributed by atoms with van der Waals surface area (Å²) in [6.07, 6.45) is 6.07. The number of rotatable bonds is 9. The Kier molecular flexibility index (Phi) is 7.08. The van der Waals surface area contributed by atoms with Gasteiger partial charge in [-0.05, 0) is 42.4 Å². The summed E-state index contributed by atoms with van der Waals surface area (Å²) < 4.78 is 0. The lowest BCUT2D eigenvalue weighted by Gasteiger charge is -2.34. The van der Waals surface area contributed by atoms with Crippen molar-refractivity contribution in [1.82, 2.24) is 5.32 Å². The number of nitrogens with one attached hydrogen (secondary N) is 1. The maximum absolute atomic E-state index is 9.42. The molecule has 0 aliphatic rings. The minimum absolute atomic E-state index is 0.331.